The molecule has 0 bridgehead atoms. The maximum absolute atomic E-state index is 13.2. The smallest absolute Gasteiger partial charge is 0.254 e. The van der Waals surface area contributed by atoms with Gasteiger partial charge in [0.15, 0.2) is 0 Å². The quantitative estimate of drug-likeness (QED) is 0.823. The van der Waals surface area contributed by atoms with Crippen molar-refractivity contribution in [2.75, 3.05) is 26.2 Å². The Labute approximate surface area is 150 Å². The third kappa shape index (κ3) is 3.82. The van der Waals surface area contributed by atoms with E-state index >= 15 is 0 Å². The first-order chi connectivity index (χ1) is 12.0. The van der Waals surface area contributed by atoms with Gasteiger partial charge in [-0.15, -0.1) is 0 Å². The van der Waals surface area contributed by atoms with Crippen molar-refractivity contribution >= 4 is 23.4 Å². The molecular formula is C19H18ClFN2O2. The highest BCUT2D eigenvalue weighted by atomic mass is 35.5. The number of rotatable bonds is 2. The Morgan fingerprint density at radius 3 is 2.20 bits per heavy atom. The SMILES string of the molecule is Cc1cc(F)ccc1C(=O)N1CCN(C(=O)c2cccc(Cl)c2)CC1. The summed E-state index contributed by atoms with van der Waals surface area (Å²) in [5, 5.41) is 0.520. The molecule has 2 aromatic carbocycles. The van der Waals surface area contributed by atoms with Gasteiger partial charge in [0.05, 0.1) is 0 Å². The highest BCUT2D eigenvalue weighted by Gasteiger charge is 2.26. The second-order valence-electron chi connectivity index (χ2n) is 6.05. The van der Waals surface area contributed by atoms with Gasteiger partial charge in [0.25, 0.3) is 11.8 Å². The average molecular weight is 361 g/mol. The van der Waals surface area contributed by atoms with E-state index in [4.69, 9.17) is 11.6 Å². The predicted molar refractivity (Wildman–Crippen MR) is 94.4 cm³/mol. The number of amides is 2. The van der Waals surface area contributed by atoms with Gasteiger partial charge >= 0.3 is 0 Å². The normalized spacial score (nSPS) is 14.5. The third-order valence-electron chi connectivity index (χ3n) is 4.34. The van der Waals surface area contributed by atoms with E-state index in [0.29, 0.717) is 47.9 Å². The summed E-state index contributed by atoms with van der Waals surface area (Å²) >= 11 is 5.94. The molecule has 1 saturated heterocycles. The second-order valence-corrected chi connectivity index (χ2v) is 6.49. The molecule has 6 heteroatoms. The molecule has 2 aromatic rings. The fourth-order valence-electron chi connectivity index (χ4n) is 2.95. The Hall–Kier alpha value is -2.40. The van der Waals surface area contributed by atoms with Gasteiger partial charge in [0.1, 0.15) is 5.82 Å². The molecule has 0 spiro atoms. The maximum Gasteiger partial charge on any atom is 0.254 e. The number of hydrogen-bond acceptors (Lipinski definition) is 2. The molecule has 0 saturated carbocycles. The number of hydrogen-bond donors (Lipinski definition) is 0. The van der Waals surface area contributed by atoms with Gasteiger partial charge in [-0.3, -0.25) is 9.59 Å². The maximum atomic E-state index is 13.2. The van der Waals surface area contributed by atoms with E-state index in [0.717, 1.165) is 0 Å². The summed E-state index contributed by atoms with van der Waals surface area (Å²) in [6.45, 7) is 3.52. The molecule has 0 atom stereocenters. The molecule has 0 N–H and O–H groups in total. The lowest BCUT2D eigenvalue weighted by Crippen LogP contribution is -2.50. The Morgan fingerprint density at radius 2 is 1.60 bits per heavy atom. The van der Waals surface area contributed by atoms with Crippen molar-refractivity contribution in [3.05, 3.63) is 70.0 Å². The summed E-state index contributed by atoms with van der Waals surface area (Å²) in [7, 11) is 0. The first-order valence-corrected chi connectivity index (χ1v) is 8.44. The molecule has 1 heterocycles. The Bertz CT molecular complexity index is 817. The van der Waals surface area contributed by atoms with Crippen molar-refractivity contribution in [3.8, 4) is 0 Å². The predicted octanol–water partition coefficient (Wildman–Crippen LogP) is 3.39. The average Bonchev–Trinajstić information content (AvgIpc) is 2.61. The van der Waals surface area contributed by atoms with E-state index in [9.17, 15) is 14.0 Å². The fourth-order valence-corrected chi connectivity index (χ4v) is 3.14. The highest BCUT2D eigenvalue weighted by Crippen LogP contribution is 2.17. The number of piperazine rings is 1. The van der Waals surface area contributed by atoms with Crippen molar-refractivity contribution < 1.29 is 14.0 Å². The highest BCUT2D eigenvalue weighted by molar-refractivity contribution is 6.30. The van der Waals surface area contributed by atoms with Crippen molar-refractivity contribution in [1.29, 1.82) is 0 Å². The number of benzene rings is 2. The van der Waals surface area contributed by atoms with Crippen LogP contribution in [0.15, 0.2) is 42.5 Å². The number of carbonyl (C=O) groups is 2. The summed E-state index contributed by atoms with van der Waals surface area (Å²) in [6.07, 6.45) is 0. The van der Waals surface area contributed by atoms with Gasteiger partial charge in [-0.2, -0.15) is 0 Å². The molecule has 0 aliphatic carbocycles. The standard InChI is InChI=1S/C19H18ClFN2O2/c1-13-11-16(21)5-6-17(13)19(25)23-9-7-22(8-10-23)18(24)14-3-2-4-15(20)12-14/h2-6,11-12H,7-10H2,1H3. The summed E-state index contributed by atoms with van der Waals surface area (Å²) in [4.78, 5) is 28.5. The zero-order valence-corrected chi connectivity index (χ0v) is 14.6. The van der Waals surface area contributed by atoms with Crippen LogP contribution in [-0.2, 0) is 0 Å². The molecule has 25 heavy (non-hydrogen) atoms. The zero-order chi connectivity index (χ0) is 18.0. The second kappa shape index (κ2) is 7.23. The summed E-state index contributed by atoms with van der Waals surface area (Å²) < 4.78 is 13.2. The van der Waals surface area contributed by atoms with Crippen LogP contribution in [0.4, 0.5) is 4.39 Å². The van der Waals surface area contributed by atoms with Crippen LogP contribution in [0.1, 0.15) is 26.3 Å². The molecule has 0 radical (unpaired) electrons. The number of carbonyl (C=O) groups excluding carboxylic acids is 2. The molecular weight excluding hydrogens is 343 g/mol. The largest absolute Gasteiger partial charge is 0.335 e. The minimum absolute atomic E-state index is 0.0902. The van der Waals surface area contributed by atoms with Gasteiger partial charge in [0.2, 0.25) is 0 Å². The van der Waals surface area contributed by atoms with Crippen LogP contribution in [0.2, 0.25) is 5.02 Å². The molecule has 1 aliphatic heterocycles. The lowest BCUT2D eigenvalue weighted by molar-refractivity contribution is 0.0535. The van der Waals surface area contributed by atoms with E-state index in [1.54, 1.807) is 41.0 Å². The van der Waals surface area contributed by atoms with Crippen LogP contribution in [0, 0.1) is 12.7 Å². The summed E-state index contributed by atoms with van der Waals surface area (Å²) in [5.41, 5.74) is 1.65. The van der Waals surface area contributed by atoms with E-state index in [2.05, 4.69) is 0 Å². The number of halogens is 2. The molecule has 4 nitrogen and oxygen atoms in total. The Balaban J connectivity index is 1.65. The van der Waals surface area contributed by atoms with E-state index < -0.39 is 0 Å². The fraction of sp³-hybridized carbons (Fsp3) is 0.263. The first kappa shape index (κ1) is 17.4. The molecule has 0 aromatic heterocycles. The van der Waals surface area contributed by atoms with Crippen molar-refractivity contribution in [1.82, 2.24) is 9.80 Å². The van der Waals surface area contributed by atoms with Crippen LogP contribution in [0.3, 0.4) is 0 Å². The van der Waals surface area contributed by atoms with Crippen molar-refractivity contribution in [3.63, 3.8) is 0 Å². The first-order valence-electron chi connectivity index (χ1n) is 8.06. The van der Waals surface area contributed by atoms with Crippen molar-refractivity contribution in [2.45, 2.75) is 6.92 Å². The minimum Gasteiger partial charge on any atom is -0.335 e. The molecule has 1 fully saturated rings. The molecule has 2 amide bonds. The van der Waals surface area contributed by atoms with E-state index in [1.807, 2.05) is 0 Å². The van der Waals surface area contributed by atoms with Gasteiger partial charge in [0, 0.05) is 42.3 Å². The lowest BCUT2D eigenvalue weighted by atomic mass is 10.1. The lowest BCUT2D eigenvalue weighted by Gasteiger charge is -2.35. The summed E-state index contributed by atoms with van der Waals surface area (Å²) in [5.74, 6) is -0.578. The molecule has 1 aliphatic rings. The van der Waals surface area contributed by atoms with E-state index in [1.165, 1.54) is 18.2 Å². The Kier molecular flexibility index (Phi) is 5.04. The Morgan fingerprint density at radius 1 is 0.960 bits per heavy atom. The van der Waals surface area contributed by atoms with Crippen LogP contribution in [-0.4, -0.2) is 47.8 Å². The number of aryl methyl sites for hydroxylation is 1. The van der Waals surface area contributed by atoms with Crippen LogP contribution < -0.4 is 0 Å². The van der Waals surface area contributed by atoms with Gasteiger partial charge < -0.3 is 9.80 Å². The van der Waals surface area contributed by atoms with Crippen LogP contribution in [0.5, 0.6) is 0 Å². The minimum atomic E-state index is -0.356. The topological polar surface area (TPSA) is 40.6 Å². The van der Waals surface area contributed by atoms with E-state index in [-0.39, 0.29) is 17.6 Å². The molecule has 130 valence electrons. The number of nitrogens with zero attached hydrogens (tertiary/aromatic N) is 2. The molecule has 0 unspecified atom stereocenters. The summed E-state index contributed by atoms with van der Waals surface area (Å²) in [6, 6.07) is 11.0. The monoisotopic (exact) mass is 360 g/mol. The third-order valence-corrected chi connectivity index (χ3v) is 4.58. The molecule has 3 rings (SSSR count). The zero-order valence-electron chi connectivity index (χ0n) is 13.8. The van der Waals surface area contributed by atoms with Crippen LogP contribution >= 0.6 is 11.6 Å². The van der Waals surface area contributed by atoms with Crippen LogP contribution in [0.25, 0.3) is 0 Å². The van der Waals surface area contributed by atoms with Gasteiger partial charge in [-0.05, 0) is 48.9 Å². The van der Waals surface area contributed by atoms with Gasteiger partial charge in [-0.1, -0.05) is 17.7 Å². The van der Waals surface area contributed by atoms with Crippen molar-refractivity contribution in [2.24, 2.45) is 0 Å². The van der Waals surface area contributed by atoms with Gasteiger partial charge in [-0.25, -0.2) is 4.39 Å².